The van der Waals surface area contributed by atoms with Crippen LogP contribution in [0.2, 0.25) is 0 Å². The maximum Gasteiger partial charge on any atom is 0.343 e. The number of aryl methyl sites for hydroxylation is 2. The Labute approximate surface area is 224 Å². The third kappa shape index (κ3) is 7.15. The van der Waals surface area contributed by atoms with Gasteiger partial charge in [0.2, 0.25) is 0 Å². The molecule has 0 aliphatic rings. The molecule has 0 bridgehead atoms. The van der Waals surface area contributed by atoms with Crippen LogP contribution >= 0.6 is 15.9 Å². The molecule has 0 fully saturated rings. The summed E-state index contributed by atoms with van der Waals surface area (Å²) in [5.41, 5.74) is 7.02. The molecule has 0 aliphatic carbocycles. The summed E-state index contributed by atoms with van der Waals surface area (Å²) in [5, 5.41) is 4.05. The van der Waals surface area contributed by atoms with E-state index in [-0.39, 0.29) is 5.91 Å². The molecule has 7 heteroatoms. The van der Waals surface area contributed by atoms with E-state index in [1.165, 1.54) is 11.8 Å². The minimum Gasteiger partial charge on any atom is -0.489 e. The van der Waals surface area contributed by atoms with Gasteiger partial charge in [0.05, 0.1) is 11.8 Å². The molecule has 0 aromatic heterocycles. The molecule has 0 unspecified atom stereocenters. The number of benzene rings is 4. The van der Waals surface area contributed by atoms with Gasteiger partial charge in [0.25, 0.3) is 5.91 Å². The number of ether oxygens (including phenoxy) is 2. The first-order chi connectivity index (χ1) is 17.9. The highest BCUT2D eigenvalue weighted by atomic mass is 79.9. The minimum absolute atomic E-state index is 0.324. The number of amides is 1. The van der Waals surface area contributed by atoms with Crippen LogP contribution in [0.4, 0.5) is 0 Å². The van der Waals surface area contributed by atoms with E-state index in [1.807, 2.05) is 50.2 Å². The molecule has 1 N–H and O–H groups in total. The van der Waals surface area contributed by atoms with Crippen molar-refractivity contribution in [2.45, 2.75) is 20.5 Å². The largest absolute Gasteiger partial charge is 0.489 e. The zero-order valence-corrected chi connectivity index (χ0v) is 22.0. The van der Waals surface area contributed by atoms with Crippen molar-refractivity contribution in [1.82, 2.24) is 5.43 Å². The highest BCUT2D eigenvalue weighted by Crippen LogP contribution is 2.23. The molecule has 6 nitrogen and oxygen atoms in total. The van der Waals surface area contributed by atoms with Crippen LogP contribution in [0.3, 0.4) is 0 Å². The van der Waals surface area contributed by atoms with Gasteiger partial charge in [0, 0.05) is 15.6 Å². The Bertz CT molecular complexity index is 1430. The molecule has 186 valence electrons. The number of rotatable bonds is 8. The van der Waals surface area contributed by atoms with Crippen LogP contribution in [0.15, 0.2) is 101 Å². The zero-order valence-electron chi connectivity index (χ0n) is 20.4. The number of carbonyl (C=O) groups excluding carboxylic acids is 2. The lowest BCUT2D eigenvalue weighted by atomic mass is 10.1. The van der Waals surface area contributed by atoms with Gasteiger partial charge in [0.15, 0.2) is 0 Å². The summed E-state index contributed by atoms with van der Waals surface area (Å²) in [4.78, 5) is 25.2. The van der Waals surface area contributed by atoms with Crippen molar-refractivity contribution >= 4 is 34.0 Å². The number of hydrogen-bond donors (Lipinski definition) is 1. The Balaban J connectivity index is 1.37. The van der Waals surface area contributed by atoms with Crippen LogP contribution in [-0.2, 0) is 6.61 Å². The first-order valence-corrected chi connectivity index (χ1v) is 12.4. The quantitative estimate of drug-likeness (QED) is 0.114. The summed E-state index contributed by atoms with van der Waals surface area (Å²) in [7, 11) is 0. The SMILES string of the molecule is Cc1ccc(COc2ccc(C(=O)N/N=C\c3cc(Br)ccc3OC(=O)c3ccccc3C)cc2)cc1. The van der Waals surface area contributed by atoms with Gasteiger partial charge >= 0.3 is 5.97 Å². The highest BCUT2D eigenvalue weighted by Gasteiger charge is 2.13. The van der Waals surface area contributed by atoms with E-state index in [0.717, 1.165) is 15.6 Å². The van der Waals surface area contributed by atoms with Gasteiger partial charge in [0.1, 0.15) is 18.1 Å². The standard InChI is InChI=1S/C30H25BrN2O4/c1-20-7-9-22(10-8-20)19-36-26-14-11-23(12-15-26)29(34)33-32-18-24-17-25(31)13-16-28(24)37-30(35)27-6-4-3-5-21(27)2/h3-18H,19H2,1-2H3,(H,33,34)/b32-18-. The van der Waals surface area contributed by atoms with Gasteiger partial charge in [-0.15, -0.1) is 0 Å². The van der Waals surface area contributed by atoms with Crippen molar-refractivity contribution in [3.8, 4) is 11.5 Å². The van der Waals surface area contributed by atoms with Crippen LogP contribution in [0.5, 0.6) is 11.5 Å². The Morgan fingerprint density at radius 1 is 0.919 bits per heavy atom. The molecular formula is C30H25BrN2O4. The minimum atomic E-state index is -0.469. The third-order valence-corrected chi connectivity index (χ3v) is 6.05. The normalized spacial score (nSPS) is 10.8. The number of nitrogens with zero attached hydrogens (tertiary/aromatic N) is 1. The Kier molecular flexibility index (Phi) is 8.48. The van der Waals surface area contributed by atoms with Crippen molar-refractivity contribution < 1.29 is 19.1 Å². The van der Waals surface area contributed by atoms with Crippen molar-refractivity contribution in [1.29, 1.82) is 0 Å². The average Bonchev–Trinajstić information content (AvgIpc) is 2.90. The predicted molar refractivity (Wildman–Crippen MR) is 147 cm³/mol. The van der Waals surface area contributed by atoms with Gasteiger partial charge in [-0.1, -0.05) is 64.0 Å². The second-order valence-electron chi connectivity index (χ2n) is 8.38. The van der Waals surface area contributed by atoms with Crippen molar-refractivity contribution in [3.63, 3.8) is 0 Å². The molecule has 0 saturated carbocycles. The lowest BCUT2D eigenvalue weighted by Crippen LogP contribution is -2.17. The third-order valence-electron chi connectivity index (χ3n) is 5.55. The first kappa shape index (κ1) is 25.9. The Morgan fingerprint density at radius 3 is 2.38 bits per heavy atom. The topological polar surface area (TPSA) is 77.0 Å². The van der Waals surface area contributed by atoms with Gasteiger partial charge in [-0.3, -0.25) is 4.79 Å². The molecule has 0 aliphatic heterocycles. The Hall–Kier alpha value is -4.23. The maximum atomic E-state index is 12.6. The van der Waals surface area contributed by atoms with E-state index in [9.17, 15) is 9.59 Å². The molecule has 0 heterocycles. The van der Waals surface area contributed by atoms with Crippen molar-refractivity contribution in [2.75, 3.05) is 0 Å². The summed E-state index contributed by atoms with van der Waals surface area (Å²) in [6, 6.07) is 27.3. The van der Waals surface area contributed by atoms with Gasteiger partial charge in [-0.05, 0) is 73.5 Å². The second kappa shape index (κ2) is 12.1. The van der Waals surface area contributed by atoms with Gasteiger partial charge < -0.3 is 9.47 Å². The number of esters is 1. The van der Waals surface area contributed by atoms with E-state index in [0.29, 0.717) is 34.8 Å². The zero-order chi connectivity index (χ0) is 26.2. The fourth-order valence-electron chi connectivity index (χ4n) is 3.45. The molecule has 0 atom stereocenters. The molecule has 4 aromatic carbocycles. The number of halogens is 1. The molecule has 37 heavy (non-hydrogen) atoms. The molecule has 4 aromatic rings. The smallest absolute Gasteiger partial charge is 0.343 e. The monoisotopic (exact) mass is 556 g/mol. The Morgan fingerprint density at radius 2 is 1.65 bits per heavy atom. The number of hydrazone groups is 1. The summed E-state index contributed by atoms with van der Waals surface area (Å²) >= 11 is 3.41. The predicted octanol–water partition coefficient (Wildman–Crippen LogP) is 6.63. The lowest BCUT2D eigenvalue weighted by molar-refractivity contribution is 0.0733. The molecule has 4 rings (SSSR count). The first-order valence-electron chi connectivity index (χ1n) is 11.6. The average molecular weight is 557 g/mol. The molecular weight excluding hydrogens is 532 g/mol. The van der Waals surface area contributed by atoms with Crippen LogP contribution in [-0.4, -0.2) is 18.1 Å². The summed E-state index contributed by atoms with van der Waals surface area (Å²) in [6.07, 6.45) is 1.43. The van der Waals surface area contributed by atoms with Crippen LogP contribution in [0.25, 0.3) is 0 Å². The summed E-state index contributed by atoms with van der Waals surface area (Å²) in [5.74, 6) is 0.137. The van der Waals surface area contributed by atoms with E-state index >= 15 is 0 Å². The lowest BCUT2D eigenvalue weighted by Gasteiger charge is -2.09. The van der Waals surface area contributed by atoms with E-state index < -0.39 is 5.97 Å². The molecule has 0 radical (unpaired) electrons. The molecule has 0 spiro atoms. The van der Waals surface area contributed by atoms with Crippen LogP contribution in [0.1, 0.15) is 43.0 Å². The van der Waals surface area contributed by atoms with E-state index in [4.69, 9.17) is 9.47 Å². The fraction of sp³-hybridized carbons (Fsp3) is 0.100. The number of nitrogens with one attached hydrogen (secondary N) is 1. The number of hydrogen-bond acceptors (Lipinski definition) is 5. The maximum absolute atomic E-state index is 12.6. The van der Waals surface area contributed by atoms with Crippen molar-refractivity contribution in [3.05, 3.63) is 129 Å². The second-order valence-corrected chi connectivity index (χ2v) is 9.30. The summed E-state index contributed by atoms with van der Waals surface area (Å²) < 4.78 is 12.2. The van der Waals surface area contributed by atoms with Crippen LogP contribution in [0, 0.1) is 13.8 Å². The summed E-state index contributed by atoms with van der Waals surface area (Å²) in [6.45, 7) is 4.33. The highest BCUT2D eigenvalue weighted by molar-refractivity contribution is 9.10. The van der Waals surface area contributed by atoms with Crippen LogP contribution < -0.4 is 14.9 Å². The molecule has 1 amide bonds. The number of carbonyl (C=O) groups is 2. The van der Waals surface area contributed by atoms with Crippen molar-refractivity contribution in [2.24, 2.45) is 5.10 Å². The van der Waals surface area contributed by atoms with Gasteiger partial charge in [-0.2, -0.15) is 5.10 Å². The van der Waals surface area contributed by atoms with Gasteiger partial charge in [-0.25, -0.2) is 10.2 Å². The van der Waals surface area contributed by atoms with E-state index in [1.54, 1.807) is 54.6 Å². The van der Waals surface area contributed by atoms with E-state index in [2.05, 4.69) is 26.5 Å². The molecule has 0 saturated heterocycles. The fourth-order valence-corrected chi connectivity index (χ4v) is 3.83.